The van der Waals surface area contributed by atoms with Gasteiger partial charge in [0.05, 0.1) is 0 Å². The lowest BCUT2D eigenvalue weighted by Gasteiger charge is -2.51. The van der Waals surface area contributed by atoms with Crippen LogP contribution in [0.2, 0.25) is 0 Å². The topological polar surface area (TPSA) is 17.1 Å². The molecule has 0 saturated heterocycles. The molecule has 0 aromatic rings. The molecule has 0 spiro atoms. The van der Waals surface area contributed by atoms with Gasteiger partial charge in [0, 0.05) is 6.42 Å². The molecule has 2 rings (SSSR count). The van der Waals surface area contributed by atoms with Gasteiger partial charge in [0.25, 0.3) is 0 Å². The molecule has 2 aliphatic rings. The first kappa shape index (κ1) is 11.2. The first-order chi connectivity index (χ1) is 6.94. The number of hydrogen-bond donors (Lipinski definition) is 0. The van der Waals surface area contributed by atoms with Crippen LogP contribution in [0.25, 0.3) is 0 Å². The molecule has 0 aromatic carbocycles. The van der Waals surface area contributed by atoms with Gasteiger partial charge >= 0.3 is 0 Å². The Hall–Kier alpha value is -0.330. The monoisotopic (exact) mass is 208 g/mol. The van der Waals surface area contributed by atoms with Crippen molar-refractivity contribution in [3.8, 4) is 0 Å². The summed E-state index contributed by atoms with van der Waals surface area (Å²) >= 11 is 0. The molecule has 4 unspecified atom stereocenters. The second kappa shape index (κ2) is 3.33. The Balaban J connectivity index is 2.29. The number of fused-ring (bicyclic) bond motifs is 2. The molecule has 1 heteroatoms. The summed E-state index contributed by atoms with van der Waals surface area (Å²) in [7, 11) is 0. The summed E-state index contributed by atoms with van der Waals surface area (Å²) in [4.78, 5) is 10.7. The quantitative estimate of drug-likeness (QED) is 0.647. The molecular formula is C14H24O. The van der Waals surface area contributed by atoms with Gasteiger partial charge in [-0.05, 0) is 47.8 Å². The van der Waals surface area contributed by atoms with E-state index >= 15 is 0 Å². The molecule has 86 valence electrons. The van der Waals surface area contributed by atoms with E-state index < -0.39 is 0 Å². The van der Waals surface area contributed by atoms with Crippen molar-refractivity contribution in [1.29, 1.82) is 0 Å². The average molecular weight is 208 g/mol. The SMILES string of the molecule is CC(CC=O)C1(C)C2CCC(C2)C1(C)C. The van der Waals surface area contributed by atoms with E-state index in [1.54, 1.807) is 0 Å². The first-order valence-electron chi connectivity index (χ1n) is 6.38. The van der Waals surface area contributed by atoms with Crippen molar-refractivity contribution in [3.05, 3.63) is 0 Å². The van der Waals surface area contributed by atoms with Crippen LogP contribution in [-0.2, 0) is 4.79 Å². The summed E-state index contributed by atoms with van der Waals surface area (Å²) in [5.74, 6) is 2.31. The van der Waals surface area contributed by atoms with Gasteiger partial charge in [-0.1, -0.05) is 27.7 Å². The Morgan fingerprint density at radius 1 is 1.27 bits per heavy atom. The molecule has 0 amide bonds. The maximum atomic E-state index is 10.7. The van der Waals surface area contributed by atoms with Crippen molar-refractivity contribution in [2.24, 2.45) is 28.6 Å². The number of rotatable bonds is 3. The lowest BCUT2D eigenvalue weighted by molar-refractivity contribution is -0.111. The molecule has 15 heavy (non-hydrogen) atoms. The number of carbonyl (C=O) groups excluding carboxylic acids is 1. The third-order valence-corrected chi connectivity index (χ3v) is 6.16. The molecule has 2 aliphatic carbocycles. The van der Waals surface area contributed by atoms with E-state index in [1.807, 2.05) is 0 Å². The normalized spacial score (nSPS) is 44.3. The summed E-state index contributed by atoms with van der Waals surface area (Å²) in [5.41, 5.74) is 0.815. The second-order valence-corrected chi connectivity index (χ2v) is 6.51. The molecule has 0 heterocycles. The van der Waals surface area contributed by atoms with Crippen molar-refractivity contribution in [2.75, 3.05) is 0 Å². The summed E-state index contributed by atoms with van der Waals surface area (Å²) in [6.07, 6.45) is 6.07. The van der Waals surface area contributed by atoms with Crippen LogP contribution in [0.1, 0.15) is 53.4 Å². The summed E-state index contributed by atoms with van der Waals surface area (Å²) in [6.45, 7) is 9.57. The van der Waals surface area contributed by atoms with E-state index in [4.69, 9.17) is 0 Å². The predicted molar refractivity (Wildman–Crippen MR) is 62.6 cm³/mol. The number of carbonyl (C=O) groups is 1. The van der Waals surface area contributed by atoms with Crippen LogP contribution in [0.3, 0.4) is 0 Å². The van der Waals surface area contributed by atoms with Crippen molar-refractivity contribution < 1.29 is 4.79 Å². The minimum atomic E-state index is 0.386. The van der Waals surface area contributed by atoms with Crippen molar-refractivity contribution >= 4 is 6.29 Å². The third kappa shape index (κ3) is 1.24. The highest BCUT2D eigenvalue weighted by Crippen LogP contribution is 2.69. The molecule has 0 radical (unpaired) electrons. The average Bonchev–Trinajstić information content (AvgIpc) is 2.70. The fraction of sp³-hybridized carbons (Fsp3) is 0.929. The molecular weight excluding hydrogens is 184 g/mol. The van der Waals surface area contributed by atoms with E-state index in [0.29, 0.717) is 16.7 Å². The molecule has 2 bridgehead atoms. The van der Waals surface area contributed by atoms with E-state index in [2.05, 4.69) is 27.7 Å². The van der Waals surface area contributed by atoms with Gasteiger partial charge in [0.1, 0.15) is 6.29 Å². The Morgan fingerprint density at radius 2 is 1.87 bits per heavy atom. The highest BCUT2D eigenvalue weighted by atomic mass is 16.1. The van der Waals surface area contributed by atoms with Crippen LogP contribution in [0, 0.1) is 28.6 Å². The maximum absolute atomic E-state index is 10.7. The zero-order valence-corrected chi connectivity index (χ0v) is 10.5. The third-order valence-electron chi connectivity index (χ3n) is 6.16. The van der Waals surface area contributed by atoms with Gasteiger partial charge in [0.15, 0.2) is 0 Å². The smallest absolute Gasteiger partial charge is 0.120 e. The van der Waals surface area contributed by atoms with Gasteiger partial charge in [-0.2, -0.15) is 0 Å². The summed E-state index contributed by atoms with van der Waals surface area (Å²) < 4.78 is 0. The highest BCUT2D eigenvalue weighted by molar-refractivity contribution is 5.50. The Bertz CT molecular complexity index is 269. The van der Waals surface area contributed by atoms with Crippen LogP contribution < -0.4 is 0 Å². The van der Waals surface area contributed by atoms with E-state index in [1.165, 1.54) is 19.3 Å². The highest BCUT2D eigenvalue weighted by Gasteiger charge is 2.61. The molecule has 0 N–H and O–H groups in total. The molecule has 0 aromatic heterocycles. The van der Waals surface area contributed by atoms with E-state index in [9.17, 15) is 4.79 Å². The minimum Gasteiger partial charge on any atom is -0.303 e. The predicted octanol–water partition coefficient (Wildman–Crippen LogP) is 3.67. The molecule has 4 atom stereocenters. The standard InChI is InChI=1S/C14H24O/c1-10(7-8-15)14(4)12-6-5-11(9-12)13(14,2)3/h8,10-12H,5-7,9H2,1-4H3. The molecule has 2 saturated carbocycles. The van der Waals surface area contributed by atoms with Crippen molar-refractivity contribution in [1.82, 2.24) is 0 Å². The van der Waals surface area contributed by atoms with E-state index in [0.717, 1.165) is 24.5 Å². The fourth-order valence-corrected chi connectivity index (χ4v) is 4.57. The zero-order valence-electron chi connectivity index (χ0n) is 10.5. The van der Waals surface area contributed by atoms with Crippen LogP contribution in [-0.4, -0.2) is 6.29 Å². The Morgan fingerprint density at radius 3 is 2.33 bits per heavy atom. The molecule has 2 fully saturated rings. The van der Waals surface area contributed by atoms with Gasteiger partial charge in [-0.15, -0.1) is 0 Å². The van der Waals surface area contributed by atoms with Gasteiger partial charge in [0.2, 0.25) is 0 Å². The van der Waals surface area contributed by atoms with Crippen molar-refractivity contribution in [2.45, 2.75) is 53.4 Å². The Kier molecular flexibility index (Phi) is 2.48. The molecule has 1 nitrogen and oxygen atoms in total. The van der Waals surface area contributed by atoms with Gasteiger partial charge < -0.3 is 4.79 Å². The fourth-order valence-electron chi connectivity index (χ4n) is 4.57. The maximum Gasteiger partial charge on any atom is 0.120 e. The zero-order chi connectivity index (χ0) is 11.3. The molecule has 0 aliphatic heterocycles. The van der Waals surface area contributed by atoms with Crippen LogP contribution in [0.4, 0.5) is 0 Å². The number of aldehydes is 1. The minimum absolute atomic E-state index is 0.386. The van der Waals surface area contributed by atoms with Crippen LogP contribution in [0.15, 0.2) is 0 Å². The van der Waals surface area contributed by atoms with E-state index in [-0.39, 0.29) is 0 Å². The van der Waals surface area contributed by atoms with Gasteiger partial charge in [-0.25, -0.2) is 0 Å². The summed E-state index contributed by atoms with van der Waals surface area (Å²) in [5, 5.41) is 0. The number of hydrogen-bond acceptors (Lipinski definition) is 1. The van der Waals surface area contributed by atoms with Crippen LogP contribution >= 0.6 is 0 Å². The lowest BCUT2D eigenvalue weighted by atomic mass is 9.53. The largest absolute Gasteiger partial charge is 0.303 e. The van der Waals surface area contributed by atoms with Gasteiger partial charge in [-0.3, -0.25) is 0 Å². The second-order valence-electron chi connectivity index (χ2n) is 6.51. The summed E-state index contributed by atoms with van der Waals surface area (Å²) in [6, 6.07) is 0. The van der Waals surface area contributed by atoms with Crippen LogP contribution in [0.5, 0.6) is 0 Å². The van der Waals surface area contributed by atoms with Crippen molar-refractivity contribution in [3.63, 3.8) is 0 Å². The Labute approximate surface area is 93.6 Å². The lowest BCUT2D eigenvalue weighted by Crippen LogP contribution is -2.45. The first-order valence-corrected chi connectivity index (χ1v) is 6.38.